The first-order chi connectivity index (χ1) is 11.8. The maximum Gasteiger partial charge on any atom is 0.326 e. The van der Waals surface area contributed by atoms with Crippen LogP contribution >= 0.6 is 0 Å². The number of halogens is 1. The van der Waals surface area contributed by atoms with Gasteiger partial charge in [-0.2, -0.15) is 0 Å². The van der Waals surface area contributed by atoms with E-state index in [1.54, 1.807) is 25.1 Å². The number of sulfonamides is 1. The summed E-state index contributed by atoms with van der Waals surface area (Å²) in [7, 11) is -4.05. The summed E-state index contributed by atoms with van der Waals surface area (Å²) in [6.07, 6.45) is 0. The molecule has 0 aliphatic rings. The fourth-order valence-electron chi connectivity index (χ4n) is 2.25. The van der Waals surface area contributed by atoms with Crippen LogP contribution in [0.1, 0.15) is 18.1 Å². The Labute approximate surface area is 147 Å². The summed E-state index contributed by atoms with van der Waals surface area (Å²) >= 11 is 0. The van der Waals surface area contributed by atoms with Crippen molar-refractivity contribution in [3.05, 3.63) is 59.4 Å². The van der Waals surface area contributed by atoms with E-state index in [-0.39, 0.29) is 11.5 Å². The highest BCUT2D eigenvalue weighted by Crippen LogP contribution is 2.26. The molecule has 0 heterocycles. The van der Waals surface area contributed by atoms with Crippen molar-refractivity contribution in [1.29, 1.82) is 0 Å². The summed E-state index contributed by atoms with van der Waals surface area (Å²) in [5.74, 6) is -1.20. The van der Waals surface area contributed by atoms with Crippen LogP contribution in [-0.2, 0) is 19.6 Å². The highest BCUT2D eigenvalue weighted by atomic mass is 32.2. The molecule has 0 radical (unpaired) electrons. The molecule has 0 bridgehead atoms. The predicted molar refractivity (Wildman–Crippen MR) is 93.5 cm³/mol. The van der Waals surface area contributed by atoms with Crippen molar-refractivity contribution in [3.63, 3.8) is 0 Å². The third kappa shape index (κ3) is 4.36. The zero-order valence-electron chi connectivity index (χ0n) is 14.3. The second kappa shape index (κ2) is 7.65. The zero-order valence-corrected chi connectivity index (χ0v) is 15.1. The topological polar surface area (TPSA) is 63.7 Å². The van der Waals surface area contributed by atoms with Gasteiger partial charge in [0, 0.05) is 0 Å². The summed E-state index contributed by atoms with van der Waals surface area (Å²) < 4.78 is 44.9. The van der Waals surface area contributed by atoms with Gasteiger partial charge in [0.05, 0.1) is 17.2 Å². The smallest absolute Gasteiger partial charge is 0.326 e. The summed E-state index contributed by atoms with van der Waals surface area (Å²) in [6.45, 7) is 5.09. The number of rotatable bonds is 6. The minimum Gasteiger partial charge on any atom is -0.465 e. The lowest BCUT2D eigenvalue weighted by atomic mass is 10.1. The first kappa shape index (κ1) is 18.9. The van der Waals surface area contributed by atoms with Crippen molar-refractivity contribution >= 4 is 21.7 Å². The van der Waals surface area contributed by atoms with E-state index in [9.17, 15) is 17.6 Å². The van der Waals surface area contributed by atoms with Crippen LogP contribution in [0.2, 0.25) is 0 Å². The Morgan fingerprint density at radius 1 is 1.08 bits per heavy atom. The highest BCUT2D eigenvalue weighted by molar-refractivity contribution is 7.92. The molecule has 0 aliphatic heterocycles. The molecule has 2 aromatic rings. The van der Waals surface area contributed by atoms with Gasteiger partial charge in [-0.3, -0.25) is 9.10 Å². The molecule has 0 unspecified atom stereocenters. The Morgan fingerprint density at radius 3 is 2.28 bits per heavy atom. The second-order valence-corrected chi connectivity index (χ2v) is 7.40. The summed E-state index contributed by atoms with van der Waals surface area (Å²) in [5, 5.41) is 0. The quantitative estimate of drug-likeness (QED) is 0.738. The maximum absolute atomic E-state index is 13.1. The fraction of sp³-hybridized carbons (Fsp3) is 0.278. The number of esters is 1. The third-order valence-corrected chi connectivity index (χ3v) is 5.55. The van der Waals surface area contributed by atoms with E-state index in [0.717, 1.165) is 27.6 Å². The molecule has 2 aromatic carbocycles. The van der Waals surface area contributed by atoms with E-state index in [1.807, 2.05) is 13.8 Å². The molecule has 7 heteroatoms. The molecule has 25 heavy (non-hydrogen) atoms. The van der Waals surface area contributed by atoms with Crippen molar-refractivity contribution in [2.75, 3.05) is 17.5 Å². The third-order valence-electron chi connectivity index (χ3n) is 3.76. The van der Waals surface area contributed by atoms with Gasteiger partial charge in [-0.25, -0.2) is 12.8 Å². The van der Waals surface area contributed by atoms with E-state index in [4.69, 9.17) is 4.74 Å². The van der Waals surface area contributed by atoms with Crippen LogP contribution in [0.15, 0.2) is 47.4 Å². The van der Waals surface area contributed by atoms with Gasteiger partial charge in [0.25, 0.3) is 10.0 Å². The Kier molecular flexibility index (Phi) is 5.79. The number of nitrogens with zero attached hydrogens (tertiary/aromatic N) is 1. The largest absolute Gasteiger partial charge is 0.465 e. The number of ether oxygens (including phenoxy) is 1. The number of aryl methyl sites for hydroxylation is 2. The summed E-state index contributed by atoms with van der Waals surface area (Å²) in [4.78, 5) is 11.8. The molecule has 0 amide bonds. The number of hydrogen-bond acceptors (Lipinski definition) is 4. The van der Waals surface area contributed by atoms with Crippen LogP contribution in [0.5, 0.6) is 0 Å². The van der Waals surface area contributed by atoms with Crippen LogP contribution in [-0.4, -0.2) is 27.5 Å². The molecule has 2 rings (SSSR count). The van der Waals surface area contributed by atoms with Gasteiger partial charge in [-0.15, -0.1) is 0 Å². The molecular weight excluding hydrogens is 345 g/mol. The molecule has 0 fully saturated rings. The Hall–Kier alpha value is -2.41. The molecule has 0 aliphatic carbocycles. The lowest BCUT2D eigenvalue weighted by Gasteiger charge is -2.24. The number of carbonyl (C=O) groups excluding carboxylic acids is 1. The Bertz CT molecular complexity index is 863. The summed E-state index contributed by atoms with van der Waals surface area (Å²) in [5.41, 5.74) is 2.24. The number of benzene rings is 2. The molecule has 134 valence electrons. The summed E-state index contributed by atoms with van der Waals surface area (Å²) in [6, 6.07) is 9.57. The van der Waals surface area contributed by atoms with Crippen LogP contribution in [0.4, 0.5) is 10.1 Å². The standard InChI is InChI=1S/C18H20FNO4S/c1-4-24-18(21)12-20(16-8-5-13(2)14(3)11-16)25(22,23)17-9-6-15(19)7-10-17/h5-11H,4,12H2,1-3H3. The van der Waals surface area contributed by atoms with E-state index >= 15 is 0 Å². The van der Waals surface area contributed by atoms with Crippen molar-refractivity contribution in [1.82, 2.24) is 0 Å². The van der Waals surface area contributed by atoms with Gasteiger partial charge in [0.1, 0.15) is 12.4 Å². The lowest BCUT2D eigenvalue weighted by molar-refractivity contribution is -0.141. The molecule has 0 spiro atoms. The van der Waals surface area contributed by atoms with Crippen LogP contribution < -0.4 is 4.31 Å². The number of anilines is 1. The van der Waals surface area contributed by atoms with Gasteiger partial charge in [-0.1, -0.05) is 6.07 Å². The molecule has 5 nitrogen and oxygen atoms in total. The highest BCUT2D eigenvalue weighted by Gasteiger charge is 2.28. The first-order valence-corrected chi connectivity index (χ1v) is 9.21. The molecule has 0 saturated heterocycles. The van der Waals surface area contributed by atoms with Gasteiger partial charge in [0.15, 0.2) is 0 Å². The maximum atomic E-state index is 13.1. The van der Waals surface area contributed by atoms with Crippen molar-refractivity contribution in [2.45, 2.75) is 25.7 Å². The van der Waals surface area contributed by atoms with E-state index in [2.05, 4.69) is 0 Å². The predicted octanol–water partition coefficient (Wildman–Crippen LogP) is 3.20. The monoisotopic (exact) mass is 365 g/mol. The minimum absolute atomic E-state index is 0.101. The lowest BCUT2D eigenvalue weighted by Crippen LogP contribution is -2.36. The van der Waals surface area contributed by atoms with Gasteiger partial charge < -0.3 is 4.74 Å². The average molecular weight is 365 g/mol. The van der Waals surface area contributed by atoms with Crippen LogP contribution in [0, 0.1) is 19.7 Å². The molecule has 0 atom stereocenters. The van der Waals surface area contributed by atoms with Crippen LogP contribution in [0.25, 0.3) is 0 Å². The van der Waals surface area contributed by atoms with Crippen molar-refractivity contribution in [2.24, 2.45) is 0 Å². The normalized spacial score (nSPS) is 11.2. The fourth-order valence-corrected chi connectivity index (χ4v) is 3.65. The number of hydrogen-bond donors (Lipinski definition) is 0. The van der Waals surface area contributed by atoms with E-state index in [0.29, 0.717) is 5.69 Å². The van der Waals surface area contributed by atoms with Gasteiger partial charge in [0.2, 0.25) is 0 Å². The van der Waals surface area contributed by atoms with Crippen molar-refractivity contribution < 1.29 is 22.3 Å². The molecule has 0 saturated carbocycles. The second-order valence-electron chi connectivity index (χ2n) is 5.54. The average Bonchev–Trinajstić information content (AvgIpc) is 2.56. The van der Waals surface area contributed by atoms with Crippen LogP contribution in [0.3, 0.4) is 0 Å². The van der Waals surface area contributed by atoms with E-state index in [1.165, 1.54) is 12.1 Å². The zero-order chi connectivity index (χ0) is 18.6. The number of carbonyl (C=O) groups is 1. The van der Waals surface area contributed by atoms with Gasteiger partial charge in [-0.05, 0) is 68.3 Å². The molecule has 0 aromatic heterocycles. The van der Waals surface area contributed by atoms with Crippen molar-refractivity contribution in [3.8, 4) is 0 Å². The van der Waals surface area contributed by atoms with E-state index < -0.39 is 28.4 Å². The Balaban J connectivity index is 2.51. The molecular formula is C18H20FNO4S. The SMILES string of the molecule is CCOC(=O)CN(c1ccc(C)c(C)c1)S(=O)(=O)c1ccc(F)cc1. The minimum atomic E-state index is -4.05. The van der Waals surface area contributed by atoms with Gasteiger partial charge >= 0.3 is 5.97 Å². The molecule has 0 N–H and O–H groups in total. The Morgan fingerprint density at radius 2 is 1.72 bits per heavy atom. The first-order valence-electron chi connectivity index (χ1n) is 7.77.